The van der Waals surface area contributed by atoms with Gasteiger partial charge in [0.15, 0.2) is 0 Å². The van der Waals surface area contributed by atoms with Gasteiger partial charge in [-0.05, 0) is 12.3 Å². The first-order chi connectivity index (χ1) is 10.5. The van der Waals surface area contributed by atoms with Crippen LogP contribution in [0.2, 0.25) is 0 Å². The van der Waals surface area contributed by atoms with Gasteiger partial charge in [0, 0.05) is 44.3 Å². The minimum Gasteiger partial charge on any atom is -0.335 e. The Bertz CT molecular complexity index is 616. The minimum atomic E-state index is -4.23. The maximum Gasteiger partial charge on any atom is 0.406 e. The molecule has 1 aliphatic heterocycles. The zero-order chi connectivity index (χ0) is 15.6. The number of aromatic nitrogens is 4. The highest BCUT2D eigenvalue weighted by atomic mass is 19.4. The summed E-state index contributed by atoms with van der Waals surface area (Å²) in [5, 5.41) is 3.22. The number of fused-ring (bicyclic) bond motifs is 1. The summed E-state index contributed by atoms with van der Waals surface area (Å²) in [6.07, 6.45) is 4.31. The van der Waals surface area contributed by atoms with Crippen molar-refractivity contribution >= 4 is 0 Å². The topological polar surface area (TPSA) is 47.7 Å². The SMILES string of the molecule is FC(F)(F)Cn1ccnc1CNC[C@H]1CCc2nccn2C1. The second-order valence-corrected chi connectivity index (χ2v) is 5.62. The molecule has 1 atom stereocenters. The van der Waals surface area contributed by atoms with Crippen LogP contribution in [0.4, 0.5) is 13.2 Å². The molecular weight excluding hydrogens is 295 g/mol. The first-order valence-electron chi connectivity index (χ1n) is 7.29. The Morgan fingerprint density at radius 2 is 2.05 bits per heavy atom. The first kappa shape index (κ1) is 15.1. The first-order valence-corrected chi connectivity index (χ1v) is 7.29. The number of alkyl halides is 3. The van der Waals surface area contributed by atoms with E-state index in [0.717, 1.165) is 36.3 Å². The number of aryl methyl sites for hydroxylation is 1. The lowest BCUT2D eigenvalue weighted by Crippen LogP contribution is -2.30. The smallest absolute Gasteiger partial charge is 0.335 e. The van der Waals surface area contributed by atoms with Crippen LogP contribution in [0, 0.1) is 5.92 Å². The molecule has 5 nitrogen and oxygen atoms in total. The van der Waals surface area contributed by atoms with Gasteiger partial charge in [-0.1, -0.05) is 0 Å². The molecule has 1 N–H and O–H groups in total. The van der Waals surface area contributed by atoms with Crippen molar-refractivity contribution in [2.75, 3.05) is 6.54 Å². The van der Waals surface area contributed by atoms with Gasteiger partial charge in [0.05, 0.1) is 6.54 Å². The molecule has 8 heteroatoms. The molecule has 0 aromatic carbocycles. The van der Waals surface area contributed by atoms with E-state index in [0.29, 0.717) is 18.3 Å². The number of hydrogen-bond donors (Lipinski definition) is 1. The van der Waals surface area contributed by atoms with Crippen molar-refractivity contribution in [2.24, 2.45) is 5.92 Å². The van der Waals surface area contributed by atoms with Crippen LogP contribution in [0.1, 0.15) is 18.1 Å². The van der Waals surface area contributed by atoms with Crippen LogP contribution in [0.25, 0.3) is 0 Å². The Morgan fingerprint density at radius 3 is 2.86 bits per heavy atom. The van der Waals surface area contributed by atoms with Gasteiger partial charge in [-0.2, -0.15) is 13.2 Å². The number of rotatable bonds is 5. The third-order valence-electron chi connectivity index (χ3n) is 3.90. The average molecular weight is 313 g/mol. The zero-order valence-electron chi connectivity index (χ0n) is 12.1. The lowest BCUT2D eigenvalue weighted by Gasteiger charge is -2.24. The van der Waals surface area contributed by atoms with Gasteiger partial charge in [-0.3, -0.25) is 0 Å². The standard InChI is InChI=1S/C14H18F3N5/c15-14(16,17)10-22-6-4-20-13(22)8-18-7-11-1-2-12-19-3-5-21(12)9-11/h3-6,11,18H,1-2,7-10H2/t11-/m1/s1. The van der Waals surface area contributed by atoms with E-state index in [4.69, 9.17) is 0 Å². The summed E-state index contributed by atoms with van der Waals surface area (Å²) in [4.78, 5) is 8.28. The van der Waals surface area contributed by atoms with Gasteiger partial charge in [-0.15, -0.1) is 0 Å². The fourth-order valence-electron chi connectivity index (χ4n) is 2.84. The van der Waals surface area contributed by atoms with E-state index < -0.39 is 12.7 Å². The lowest BCUT2D eigenvalue weighted by molar-refractivity contribution is -0.141. The summed E-state index contributed by atoms with van der Waals surface area (Å²) in [6.45, 7) is 1.01. The maximum atomic E-state index is 12.4. The number of imidazole rings is 2. The molecule has 0 radical (unpaired) electrons. The fraction of sp³-hybridized carbons (Fsp3) is 0.571. The Hall–Kier alpha value is -1.83. The largest absolute Gasteiger partial charge is 0.406 e. The predicted molar refractivity (Wildman–Crippen MR) is 74.0 cm³/mol. The Kier molecular flexibility index (Phi) is 4.19. The van der Waals surface area contributed by atoms with Crippen LogP contribution < -0.4 is 5.32 Å². The summed E-state index contributed by atoms with van der Waals surface area (Å²) >= 11 is 0. The van der Waals surface area contributed by atoms with Crippen molar-refractivity contribution in [3.63, 3.8) is 0 Å². The van der Waals surface area contributed by atoms with Crippen molar-refractivity contribution < 1.29 is 13.2 Å². The van der Waals surface area contributed by atoms with Crippen LogP contribution in [0.3, 0.4) is 0 Å². The van der Waals surface area contributed by atoms with Crippen LogP contribution in [-0.2, 0) is 26.1 Å². The van der Waals surface area contributed by atoms with Gasteiger partial charge >= 0.3 is 6.18 Å². The van der Waals surface area contributed by atoms with Gasteiger partial charge in [0.25, 0.3) is 0 Å². The molecule has 3 rings (SSSR count). The summed E-state index contributed by atoms with van der Waals surface area (Å²) < 4.78 is 40.6. The molecule has 2 aromatic heterocycles. The van der Waals surface area contributed by atoms with E-state index in [1.54, 1.807) is 6.20 Å². The minimum absolute atomic E-state index is 0.344. The maximum absolute atomic E-state index is 12.4. The van der Waals surface area contributed by atoms with E-state index in [9.17, 15) is 13.2 Å². The molecule has 2 aromatic rings. The molecule has 0 fully saturated rings. The van der Waals surface area contributed by atoms with E-state index >= 15 is 0 Å². The normalized spacial score (nSPS) is 18.4. The molecule has 0 spiro atoms. The molecule has 0 bridgehead atoms. The van der Waals surface area contributed by atoms with E-state index in [1.165, 1.54) is 12.4 Å². The number of halogens is 3. The summed E-state index contributed by atoms with van der Waals surface area (Å²) in [7, 11) is 0. The number of nitrogens with one attached hydrogen (secondary N) is 1. The fourth-order valence-corrected chi connectivity index (χ4v) is 2.84. The summed E-state index contributed by atoms with van der Waals surface area (Å²) in [5.74, 6) is 1.99. The van der Waals surface area contributed by atoms with E-state index in [2.05, 4.69) is 19.9 Å². The molecule has 0 amide bonds. The van der Waals surface area contributed by atoms with Crippen LogP contribution in [0.5, 0.6) is 0 Å². The number of nitrogens with zero attached hydrogens (tertiary/aromatic N) is 4. The van der Waals surface area contributed by atoms with Crippen LogP contribution >= 0.6 is 0 Å². The quantitative estimate of drug-likeness (QED) is 0.918. The van der Waals surface area contributed by atoms with Gasteiger partial charge in [0.1, 0.15) is 18.2 Å². The molecule has 0 saturated heterocycles. The highest BCUT2D eigenvalue weighted by molar-refractivity contribution is 4.97. The van der Waals surface area contributed by atoms with Crippen molar-refractivity contribution in [1.29, 1.82) is 0 Å². The summed E-state index contributed by atoms with van der Waals surface area (Å²) in [6, 6.07) is 0. The highest BCUT2D eigenvalue weighted by Gasteiger charge is 2.28. The monoisotopic (exact) mass is 313 g/mol. The second kappa shape index (κ2) is 6.12. The van der Waals surface area contributed by atoms with Crippen LogP contribution in [0.15, 0.2) is 24.8 Å². The molecule has 0 saturated carbocycles. The Morgan fingerprint density at radius 1 is 1.23 bits per heavy atom. The zero-order valence-corrected chi connectivity index (χ0v) is 12.1. The predicted octanol–water partition coefficient (Wildman–Crippen LogP) is 1.99. The van der Waals surface area contributed by atoms with E-state index in [-0.39, 0.29) is 0 Å². The molecular formula is C14H18F3N5. The van der Waals surface area contributed by atoms with Crippen molar-refractivity contribution in [2.45, 2.75) is 38.7 Å². The van der Waals surface area contributed by atoms with Crippen molar-refractivity contribution in [3.8, 4) is 0 Å². The second-order valence-electron chi connectivity index (χ2n) is 5.62. The Balaban J connectivity index is 1.49. The molecule has 0 aliphatic carbocycles. The molecule has 1 aliphatic rings. The molecule has 22 heavy (non-hydrogen) atoms. The van der Waals surface area contributed by atoms with Crippen LogP contribution in [-0.4, -0.2) is 31.8 Å². The number of hydrogen-bond acceptors (Lipinski definition) is 3. The van der Waals surface area contributed by atoms with Gasteiger partial charge in [-0.25, -0.2) is 9.97 Å². The van der Waals surface area contributed by atoms with Crippen molar-refractivity contribution in [3.05, 3.63) is 36.4 Å². The molecule has 120 valence electrons. The highest BCUT2D eigenvalue weighted by Crippen LogP contribution is 2.19. The molecule has 3 heterocycles. The van der Waals surface area contributed by atoms with Gasteiger partial charge in [0.2, 0.25) is 0 Å². The molecule has 0 unspecified atom stereocenters. The lowest BCUT2D eigenvalue weighted by atomic mass is 9.99. The Labute approximate surface area is 126 Å². The average Bonchev–Trinajstić information content (AvgIpc) is 3.06. The van der Waals surface area contributed by atoms with E-state index in [1.807, 2.05) is 6.20 Å². The summed E-state index contributed by atoms with van der Waals surface area (Å²) in [5.41, 5.74) is 0. The third kappa shape index (κ3) is 3.68. The third-order valence-corrected chi connectivity index (χ3v) is 3.90. The van der Waals surface area contributed by atoms with Crippen molar-refractivity contribution in [1.82, 2.24) is 24.4 Å². The van der Waals surface area contributed by atoms with Gasteiger partial charge < -0.3 is 14.5 Å².